The van der Waals surface area contributed by atoms with Crippen molar-refractivity contribution in [2.75, 3.05) is 56.4 Å². The fourth-order valence-corrected chi connectivity index (χ4v) is 8.09. The van der Waals surface area contributed by atoms with Crippen LogP contribution in [-0.4, -0.2) is 110 Å². The molecule has 1 aliphatic rings. The standard InChI is InChI=1S/C29H23ClN4O4.C16H26N4O5P.Y/c1-16-3-2-4-21-24(36)11-23-27(26(16)21)18(12-30)13-34(23)29(38)22-15-33-14-19(7-10-25(33)32-22)31-28(37)17-5-8-20(35)9-6-17;1-18-8-9-20(2)26(24)25-10-7-14(16(22)23)19-15(21)13-5-3-12(11-17)4-6-13;/h2-11,14-15,18,35-36H,12-13H2,1H3,(H,31,37);3-6,14,24H,7-11,17H2,1-2H3,(H,19,21)(H,22,23);/q;-1;/t18-;;/m0../s1. The molecule has 2 aromatic heterocycles. The van der Waals surface area contributed by atoms with Crippen molar-refractivity contribution >= 4 is 71.6 Å². The minimum atomic E-state index is -1.82. The Morgan fingerprint density at radius 2 is 1.71 bits per heavy atom. The summed E-state index contributed by atoms with van der Waals surface area (Å²) in [5.74, 6) is -1.85. The Kier molecular flexibility index (Phi) is 18.3. The average molecular weight is 1000 g/mol. The predicted molar refractivity (Wildman–Crippen MR) is 246 cm³/mol. The molecule has 20 heteroatoms. The number of fused-ring (bicyclic) bond motifs is 4. The summed E-state index contributed by atoms with van der Waals surface area (Å²) in [5.41, 5.74) is 11.0. The Hall–Kier alpha value is -5.07. The summed E-state index contributed by atoms with van der Waals surface area (Å²) < 4.78 is 8.56. The largest absolute Gasteiger partial charge is 0.664 e. The predicted octanol–water partition coefficient (Wildman–Crippen LogP) is 6.33. The van der Waals surface area contributed by atoms with Crippen LogP contribution in [0.4, 0.5) is 11.4 Å². The molecule has 3 atom stereocenters. The first-order valence-corrected chi connectivity index (χ1v) is 21.9. The van der Waals surface area contributed by atoms with E-state index < -0.39 is 26.4 Å². The van der Waals surface area contributed by atoms with E-state index in [0.29, 0.717) is 60.2 Å². The number of phenols is 2. The van der Waals surface area contributed by atoms with Gasteiger partial charge in [-0.3, -0.25) is 14.4 Å². The molecule has 0 fully saturated rings. The number of carbonyl (C=O) groups is 4. The number of nitrogens with zero attached hydrogens (tertiary/aromatic N) is 5. The van der Waals surface area contributed by atoms with Gasteiger partial charge in [0.05, 0.1) is 18.0 Å². The van der Waals surface area contributed by atoms with Gasteiger partial charge in [0, 0.05) is 99.0 Å². The van der Waals surface area contributed by atoms with E-state index in [0.717, 1.165) is 27.5 Å². The molecule has 17 nitrogen and oxygen atoms in total. The third-order valence-corrected chi connectivity index (χ3v) is 12.1. The third kappa shape index (κ3) is 12.4. The number of carboxylic acid groups (broad SMARTS) is 1. The van der Waals surface area contributed by atoms with Crippen LogP contribution >= 0.6 is 20.1 Å². The van der Waals surface area contributed by atoms with Crippen LogP contribution in [0.2, 0.25) is 0 Å². The summed E-state index contributed by atoms with van der Waals surface area (Å²) in [6.07, 6.45) is 3.33. The number of carboxylic acids is 1. The number of phenolic OH excluding ortho intramolecular Hbond substituents is 2. The second-order valence-electron chi connectivity index (χ2n) is 15.0. The Bertz CT molecular complexity index is 2640. The molecule has 1 radical (unpaired) electrons. The Morgan fingerprint density at radius 1 is 1.02 bits per heavy atom. The van der Waals surface area contributed by atoms with E-state index in [9.17, 15) is 39.4 Å². The zero-order valence-electron chi connectivity index (χ0n) is 35.9. The number of nitrogens with one attached hydrogen (secondary N) is 2. The van der Waals surface area contributed by atoms with Gasteiger partial charge >= 0.3 is 5.97 Å². The number of nitrogens with two attached hydrogens (primary N) is 1. The molecule has 339 valence electrons. The molecule has 1 aliphatic heterocycles. The number of aryl methyl sites for hydroxylation is 1. The van der Waals surface area contributed by atoms with Gasteiger partial charge in [0.1, 0.15) is 28.9 Å². The van der Waals surface area contributed by atoms with Crippen molar-refractivity contribution in [1.82, 2.24) is 19.4 Å². The molecule has 0 spiro atoms. The van der Waals surface area contributed by atoms with Gasteiger partial charge in [0.25, 0.3) is 26.2 Å². The van der Waals surface area contributed by atoms with Crippen molar-refractivity contribution < 1.29 is 76.6 Å². The van der Waals surface area contributed by atoms with Gasteiger partial charge < -0.3 is 55.7 Å². The maximum absolute atomic E-state index is 13.7. The van der Waals surface area contributed by atoms with Gasteiger partial charge in [-0.2, -0.15) is 7.05 Å². The number of amides is 3. The van der Waals surface area contributed by atoms with Crippen LogP contribution < -0.4 is 21.3 Å². The maximum atomic E-state index is 13.7. The Morgan fingerprint density at radius 3 is 2.37 bits per heavy atom. The second kappa shape index (κ2) is 23.4. The smallest absolute Gasteiger partial charge is 0.326 e. The maximum Gasteiger partial charge on any atom is 0.326 e. The number of halogens is 1. The summed E-state index contributed by atoms with van der Waals surface area (Å²) in [4.78, 5) is 65.8. The quantitative estimate of drug-likeness (QED) is 0.0416. The fourth-order valence-electron chi connectivity index (χ4n) is 7.11. The number of anilines is 2. The van der Waals surface area contributed by atoms with Gasteiger partial charge in [0.15, 0.2) is 0 Å². The molecule has 0 saturated heterocycles. The number of aliphatic carboxylic acids is 1. The summed E-state index contributed by atoms with van der Waals surface area (Å²) in [5, 5.41) is 40.3. The normalized spacial score (nSPS) is 14.0. The number of rotatable bonds is 16. The van der Waals surface area contributed by atoms with Crippen LogP contribution in [0.5, 0.6) is 11.5 Å². The molecule has 4 aromatic carbocycles. The molecule has 7 rings (SSSR count). The van der Waals surface area contributed by atoms with Gasteiger partial charge in [-0.25, -0.2) is 14.4 Å². The molecule has 0 bridgehead atoms. The Balaban J connectivity index is 0.000000260. The zero-order chi connectivity index (χ0) is 46.1. The molecule has 8 N–H and O–H groups in total. The molecule has 6 aromatic rings. The first-order chi connectivity index (χ1) is 30.7. The number of carbonyl (C=O) groups excluding carboxylic acids is 3. The number of alkyl halides is 1. The van der Waals surface area contributed by atoms with Crippen molar-refractivity contribution in [2.45, 2.75) is 31.8 Å². The summed E-state index contributed by atoms with van der Waals surface area (Å²) in [7, 11) is 1.55. The number of benzene rings is 4. The van der Waals surface area contributed by atoms with E-state index in [1.54, 1.807) is 82.9 Å². The van der Waals surface area contributed by atoms with Crippen molar-refractivity contribution in [2.24, 2.45) is 5.73 Å². The van der Waals surface area contributed by atoms with Gasteiger partial charge in [0.2, 0.25) is 0 Å². The van der Waals surface area contributed by atoms with Crippen molar-refractivity contribution in [1.29, 1.82) is 0 Å². The van der Waals surface area contributed by atoms with Crippen molar-refractivity contribution in [3.05, 3.63) is 136 Å². The molecule has 2 unspecified atom stereocenters. The van der Waals surface area contributed by atoms with Crippen LogP contribution in [0.1, 0.15) is 60.2 Å². The Labute approximate surface area is 406 Å². The zero-order valence-corrected chi connectivity index (χ0v) is 40.4. The van der Waals surface area contributed by atoms with E-state index in [1.165, 1.54) is 24.3 Å². The van der Waals surface area contributed by atoms with E-state index in [-0.39, 0.29) is 80.7 Å². The minimum Gasteiger partial charge on any atom is -0.664 e. The molecular formula is C45H49ClN8O9PY-. The third-order valence-electron chi connectivity index (χ3n) is 10.6. The molecule has 3 heterocycles. The van der Waals surface area contributed by atoms with E-state index >= 15 is 0 Å². The molecule has 3 amide bonds. The first-order valence-electron chi connectivity index (χ1n) is 20.2. The molecule has 0 saturated carbocycles. The number of likely N-dealkylation sites (N-methyl/N-ethyl adjacent to an activating group) is 2. The van der Waals surface area contributed by atoms with Crippen LogP contribution in [-0.2, 0) is 48.6 Å². The summed E-state index contributed by atoms with van der Waals surface area (Å²) in [6.45, 7) is 3.83. The van der Waals surface area contributed by atoms with Crippen LogP contribution in [0.15, 0.2) is 97.3 Å². The number of pyridine rings is 1. The number of imidazole rings is 1. The van der Waals surface area contributed by atoms with Crippen molar-refractivity contribution in [3.63, 3.8) is 0 Å². The van der Waals surface area contributed by atoms with Gasteiger partial charge in [-0.15, -0.1) is 18.1 Å². The summed E-state index contributed by atoms with van der Waals surface area (Å²) >= 11 is 6.35. The van der Waals surface area contributed by atoms with Crippen molar-refractivity contribution in [3.8, 4) is 11.5 Å². The van der Waals surface area contributed by atoms with E-state index in [2.05, 4.69) is 20.9 Å². The van der Waals surface area contributed by atoms with Crippen LogP contribution in [0.3, 0.4) is 0 Å². The topological polar surface area (TPSA) is 246 Å². The van der Waals surface area contributed by atoms with Crippen LogP contribution in [0, 0.1) is 6.92 Å². The number of aromatic nitrogens is 2. The number of hydrogen-bond acceptors (Lipinski definition) is 11. The second-order valence-corrected chi connectivity index (χ2v) is 16.7. The summed E-state index contributed by atoms with van der Waals surface area (Å²) in [6, 6.07) is 22.2. The van der Waals surface area contributed by atoms with Crippen LogP contribution in [0.25, 0.3) is 21.7 Å². The fraction of sp³-hybridized carbons (Fsp3) is 0.267. The number of hydrogen-bond donors (Lipinski definition) is 7. The monoisotopic (exact) mass is 1000 g/mol. The SMILES string of the molecule is C[N-]CCN(C)P(O)OCCC(NC(=O)c1ccc(CN)cc1)C(=O)O.Cc1cccc2c(O)cc3c(c12)[C@@H](CCl)CN3C(=O)c1cn2cc(NC(=O)c3ccc(O)cc3)ccc2n1.[Y]. The van der Waals surface area contributed by atoms with E-state index in [4.69, 9.17) is 21.9 Å². The number of aromatic hydroxyl groups is 2. The molecular weight excluding hydrogens is 952 g/mol. The van der Waals surface area contributed by atoms with Gasteiger partial charge in [-0.1, -0.05) is 30.3 Å². The molecule has 65 heavy (non-hydrogen) atoms. The van der Waals surface area contributed by atoms with E-state index in [1.807, 2.05) is 25.1 Å². The first kappa shape index (κ1) is 50.9. The average Bonchev–Trinajstić information content (AvgIpc) is 3.89. The minimum absolute atomic E-state index is 0. The molecule has 0 aliphatic carbocycles. The van der Waals surface area contributed by atoms with Gasteiger partial charge in [-0.05, 0) is 91.1 Å².